The summed E-state index contributed by atoms with van der Waals surface area (Å²) in [6.45, 7) is 0. The van der Waals surface area contributed by atoms with Gasteiger partial charge in [-0.15, -0.1) is 6.04 Å². The molecule has 0 bridgehead atoms. The van der Waals surface area contributed by atoms with E-state index in [0.29, 0.717) is 0 Å². The van der Waals surface area contributed by atoms with Crippen LogP contribution in [0.1, 0.15) is 25.7 Å². The Labute approximate surface area is 84.4 Å². The van der Waals surface area contributed by atoms with Gasteiger partial charge < -0.3 is 11.5 Å². The molecule has 1 fully saturated rings. The van der Waals surface area contributed by atoms with Gasteiger partial charge in [0, 0.05) is 0 Å². The monoisotopic (exact) mass is 378 g/mol. The van der Waals surface area contributed by atoms with Crippen molar-refractivity contribution in [1.82, 2.24) is 0 Å². The first-order valence-electron chi connectivity index (χ1n) is 3.41. The fourth-order valence-corrected chi connectivity index (χ4v) is 1.06. The second-order valence-corrected chi connectivity index (χ2v) is 5.76. The first-order chi connectivity index (χ1) is 5.22. The molecule has 11 heavy (non-hydrogen) atoms. The van der Waals surface area contributed by atoms with Crippen LogP contribution in [-0.2, 0) is 16.5 Å². The SMILES string of the molecule is N[C-]1CCCCC1N.[Cl][Pt][Cl]. The summed E-state index contributed by atoms with van der Waals surface area (Å²) in [7, 11) is 9.75. The number of hydrogen-bond acceptors (Lipinski definition) is 2. The molecule has 1 atom stereocenters. The van der Waals surface area contributed by atoms with Gasteiger partial charge in [0.05, 0.1) is 0 Å². The Bertz CT molecular complexity index is 84.7. The molecule has 1 unspecified atom stereocenters. The molecule has 0 spiro atoms. The molecule has 0 saturated heterocycles. The minimum absolute atomic E-state index is 0.198. The van der Waals surface area contributed by atoms with Gasteiger partial charge in [-0.25, -0.2) is 6.04 Å². The Balaban J connectivity index is 0.000000292. The van der Waals surface area contributed by atoms with Crippen LogP contribution in [0.5, 0.6) is 0 Å². The molecular formula is C6H13Cl2N2Pt-. The first kappa shape index (κ1) is 12.2. The summed E-state index contributed by atoms with van der Waals surface area (Å²) >= 11 is -0.472. The molecule has 72 valence electrons. The van der Waals surface area contributed by atoms with E-state index in [1.165, 1.54) is 12.8 Å². The van der Waals surface area contributed by atoms with Crippen molar-refractivity contribution in [2.75, 3.05) is 0 Å². The molecule has 4 N–H and O–H groups in total. The zero-order valence-electron chi connectivity index (χ0n) is 6.13. The molecule has 0 aliphatic heterocycles. The Morgan fingerprint density at radius 1 is 1.36 bits per heavy atom. The zero-order chi connectivity index (χ0) is 8.69. The van der Waals surface area contributed by atoms with E-state index >= 15 is 0 Å². The van der Waals surface area contributed by atoms with Crippen molar-refractivity contribution in [3.63, 3.8) is 0 Å². The van der Waals surface area contributed by atoms with E-state index in [2.05, 4.69) is 0 Å². The van der Waals surface area contributed by atoms with Crippen LogP contribution < -0.4 is 11.5 Å². The maximum atomic E-state index is 5.62. The van der Waals surface area contributed by atoms with Crippen LogP contribution in [0.3, 0.4) is 0 Å². The second-order valence-electron chi connectivity index (χ2n) is 2.47. The van der Waals surface area contributed by atoms with Gasteiger partial charge >= 0.3 is 35.3 Å². The van der Waals surface area contributed by atoms with Gasteiger partial charge in [-0.2, -0.15) is 6.42 Å². The van der Waals surface area contributed by atoms with Gasteiger partial charge in [0.25, 0.3) is 0 Å². The summed E-state index contributed by atoms with van der Waals surface area (Å²) in [5, 5.41) is 0. The summed E-state index contributed by atoms with van der Waals surface area (Å²) in [6.07, 6.45) is 4.62. The molecular weight excluding hydrogens is 366 g/mol. The summed E-state index contributed by atoms with van der Waals surface area (Å²) in [5.74, 6) is 0. The van der Waals surface area contributed by atoms with Crippen molar-refractivity contribution < 1.29 is 16.5 Å². The van der Waals surface area contributed by atoms with Gasteiger partial charge in [-0.3, -0.25) is 0 Å². The molecule has 0 amide bonds. The van der Waals surface area contributed by atoms with Crippen molar-refractivity contribution in [1.29, 1.82) is 0 Å². The molecule has 0 heterocycles. The third kappa shape index (κ3) is 6.36. The minimum atomic E-state index is -0.472. The van der Waals surface area contributed by atoms with Crippen molar-refractivity contribution in [2.24, 2.45) is 11.5 Å². The van der Waals surface area contributed by atoms with Gasteiger partial charge in [0.2, 0.25) is 0 Å². The number of nitrogens with two attached hydrogens (primary N) is 2. The molecule has 1 saturated carbocycles. The van der Waals surface area contributed by atoms with E-state index in [0.717, 1.165) is 18.9 Å². The van der Waals surface area contributed by atoms with E-state index in [1.807, 2.05) is 0 Å². The molecule has 0 radical (unpaired) electrons. The average molecular weight is 379 g/mol. The van der Waals surface area contributed by atoms with Gasteiger partial charge in [0.1, 0.15) is 0 Å². The van der Waals surface area contributed by atoms with Crippen molar-refractivity contribution in [3.8, 4) is 0 Å². The van der Waals surface area contributed by atoms with Crippen LogP contribution in [0.4, 0.5) is 0 Å². The van der Waals surface area contributed by atoms with Crippen molar-refractivity contribution in [2.45, 2.75) is 31.7 Å². The van der Waals surface area contributed by atoms with Crippen LogP contribution in [0.15, 0.2) is 0 Å². The van der Waals surface area contributed by atoms with Crippen LogP contribution in [0.2, 0.25) is 0 Å². The second kappa shape index (κ2) is 7.82. The third-order valence-corrected chi connectivity index (χ3v) is 1.71. The van der Waals surface area contributed by atoms with E-state index < -0.39 is 16.5 Å². The summed E-state index contributed by atoms with van der Waals surface area (Å²) in [4.78, 5) is 0. The van der Waals surface area contributed by atoms with E-state index in [1.54, 1.807) is 0 Å². The number of halogens is 2. The predicted molar refractivity (Wildman–Crippen MR) is 45.6 cm³/mol. The Hall–Kier alpha value is 1.19. The van der Waals surface area contributed by atoms with E-state index in [4.69, 9.17) is 30.3 Å². The van der Waals surface area contributed by atoms with Gasteiger partial charge in [-0.1, -0.05) is 19.3 Å². The molecule has 1 rings (SSSR count). The molecule has 0 aromatic carbocycles. The molecule has 1 aliphatic carbocycles. The topological polar surface area (TPSA) is 52.0 Å². The molecule has 0 aromatic heterocycles. The zero-order valence-corrected chi connectivity index (χ0v) is 9.92. The third-order valence-electron chi connectivity index (χ3n) is 1.71. The summed E-state index contributed by atoms with van der Waals surface area (Å²) in [5.41, 5.74) is 11.2. The van der Waals surface area contributed by atoms with E-state index in [-0.39, 0.29) is 6.04 Å². The number of rotatable bonds is 0. The van der Waals surface area contributed by atoms with Crippen molar-refractivity contribution >= 4 is 18.8 Å². The van der Waals surface area contributed by atoms with Crippen LogP contribution >= 0.6 is 18.8 Å². The Morgan fingerprint density at radius 3 is 2.18 bits per heavy atom. The molecule has 0 aromatic rings. The van der Waals surface area contributed by atoms with Gasteiger partial charge in [0.15, 0.2) is 0 Å². The van der Waals surface area contributed by atoms with Crippen LogP contribution in [0, 0.1) is 6.04 Å². The predicted octanol–water partition coefficient (Wildman–Crippen LogP) is 1.75. The summed E-state index contributed by atoms with van der Waals surface area (Å²) in [6, 6.07) is 1.19. The molecule has 5 heteroatoms. The Morgan fingerprint density at radius 2 is 1.91 bits per heavy atom. The maximum absolute atomic E-state index is 5.62. The summed E-state index contributed by atoms with van der Waals surface area (Å²) < 4.78 is 0. The molecule has 2 nitrogen and oxygen atoms in total. The van der Waals surface area contributed by atoms with E-state index in [9.17, 15) is 0 Å². The van der Waals surface area contributed by atoms with Crippen LogP contribution in [-0.4, -0.2) is 6.04 Å². The normalized spacial score (nSPS) is 26.0. The molecule has 1 aliphatic rings. The number of hydrogen-bond donors (Lipinski definition) is 2. The van der Waals surface area contributed by atoms with Gasteiger partial charge in [-0.05, 0) is 0 Å². The Kier molecular flexibility index (Phi) is 8.66. The quantitative estimate of drug-likeness (QED) is 0.631. The standard InChI is InChI=1S/C6H13N2.2ClH.Pt/c7-5-3-1-2-4-6(5)8;;;/h5H,1-4,7-8H2;2*1H;/q-1;;;+2/p-2. The van der Waals surface area contributed by atoms with Crippen molar-refractivity contribution in [3.05, 3.63) is 6.04 Å². The average Bonchev–Trinajstić information content (AvgIpc) is 1.97. The first-order valence-corrected chi connectivity index (χ1v) is 9.04. The fraction of sp³-hybridized carbons (Fsp3) is 0.833. The fourth-order valence-electron chi connectivity index (χ4n) is 1.06. The van der Waals surface area contributed by atoms with Crippen LogP contribution in [0.25, 0.3) is 0 Å².